The van der Waals surface area contributed by atoms with Crippen LogP contribution in [0.3, 0.4) is 0 Å². The molecule has 1 aromatic carbocycles. The van der Waals surface area contributed by atoms with Crippen LogP contribution in [0.1, 0.15) is 21.6 Å². The molecule has 0 atom stereocenters. The van der Waals surface area contributed by atoms with Gasteiger partial charge in [0.1, 0.15) is 6.10 Å². The standard InChI is InChI=1S/C20H17F3N4O2/c1-13-17(10-25-27(13)15-5-3-2-4-6-15)19(28)26-11-16(12-26)29-18-9-14(7-8-24-18)20(21,22)23/h2-10,16H,11-12H2,1H3. The molecule has 0 radical (unpaired) electrons. The number of nitrogens with zero attached hydrogens (tertiary/aromatic N) is 4. The molecule has 0 saturated carbocycles. The van der Waals surface area contributed by atoms with E-state index in [0.29, 0.717) is 11.3 Å². The van der Waals surface area contributed by atoms with Crippen LogP contribution in [-0.2, 0) is 6.18 Å². The summed E-state index contributed by atoms with van der Waals surface area (Å²) in [6.45, 7) is 2.35. The molecule has 29 heavy (non-hydrogen) atoms. The summed E-state index contributed by atoms with van der Waals surface area (Å²) in [5.41, 5.74) is 1.22. The number of pyridine rings is 1. The third-order valence-electron chi connectivity index (χ3n) is 4.73. The van der Waals surface area contributed by atoms with E-state index >= 15 is 0 Å². The summed E-state index contributed by atoms with van der Waals surface area (Å²) >= 11 is 0. The molecule has 0 aliphatic carbocycles. The van der Waals surface area contributed by atoms with Gasteiger partial charge in [-0.3, -0.25) is 4.79 Å². The Balaban J connectivity index is 1.40. The Kier molecular flexibility index (Phi) is 4.73. The van der Waals surface area contributed by atoms with E-state index in [1.165, 1.54) is 6.20 Å². The summed E-state index contributed by atoms with van der Waals surface area (Å²) in [5, 5.41) is 4.29. The molecule has 0 N–H and O–H groups in total. The summed E-state index contributed by atoms with van der Waals surface area (Å²) in [4.78, 5) is 18.1. The van der Waals surface area contributed by atoms with E-state index in [2.05, 4.69) is 10.1 Å². The van der Waals surface area contributed by atoms with Crippen molar-refractivity contribution in [2.24, 2.45) is 0 Å². The number of rotatable bonds is 4. The largest absolute Gasteiger partial charge is 0.471 e. The van der Waals surface area contributed by atoms with Crippen LogP contribution >= 0.6 is 0 Å². The fraction of sp³-hybridized carbons (Fsp3) is 0.250. The van der Waals surface area contributed by atoms with Gasteiger partial charge in [-0.1, -0.05) is 18.2 Å². The number of benzene rings is 1. The molecule has 1 fully saturated rings. The fourth-order valence-electron chi connectivity index (χ4n) is 3.12. The zero-order valence-corrected chi connectivity index (χ0v) is 15.4. The van der Waals surface area contributed by atoms with Gasteiger partial charge < -0.3 is 9.64 Å². The van der Waals surface area contributed by atoms with E-state index in [1.54, 1.807) is 9.58 Å². The topological polar surface area (TPSA) is 60.3 Å². The molecular weight excluding hydrogens is 385 g/mol. The van der Waals surface area contributed by atoms with Crippen molar-refractivity contribution in [3.8, 4) is 11.6 Å². The van der Waals surface area contributed by atoms with E-state index in [0.717, 1.165) is 24.0 Å². The van der Waals surface area contributed by atoms with Crippen molar-refractivity contribution in [2.45, 2.75) is 19.2 Å². The highest BCUT2D eigenvalue weighted by atomic mass is 19.4. The van der Waals surface area contributed by atoms with Crippen molar-refractivity contribution >= 4 is 5.91 Å². The summed E-state index contributed by atoms with van der Waals surface area (Å²) in [7, 11) is 0. The molecule has 3 aromatic rings. The summed E-state index contributed by atoms with van der Waals surface area (Å²) in [6.07, 6.45) is -2.28. The summed E-state index contributed by atoms with van der Waals surface area (Å²) in [5.74, 6) is -0.300. The number of halogens is 3. The van der Waals surface area contributed by atoms with Gasteiger partial charge in [0.2, 0.25) is 5.88 Å². The van der Waals surface area contributed by atoms with Gasteiger partial charge in [-0.05, 0) is 25.1 Å². The smallest absolute Gasteiger partial charge is 0.416 e. The second-order valence-electron chi connectivity index (χ2n) is 6.72. The van der Waals surface area contributed by atoms with Gasteiger partial charge in [-0.15, -0.1) is 0 Å². The normalized spacial score (nSPS) is 14.6. The first-order chi connectivity index (χ1) is 13.8. The third kappa shape index (κ3) is 3.80. The van der Waals surface area contributed by atoms with Crippen LogP contribution in [0.5, 0.6) is 5.88 Å². The lowest BCUT2D eigenvalue weighted by molar-refractivity contribution is -0.137. The number of alkyl halides is 3. The third-order valence-corrected chi connectivity index (χ3v) is 4.73. The summed E-state index contributed by atoms with van der Waals surface area (Å²) in [6, 6.07) is 11.2. The van der Waals surface area contributed by atoms with E-state index < -0.39 is 17.8 Å². The molecule has 1 amide bonds. The molecular formula is C20H17F3N4O2. The zero-order valence-electron chi connectivity index (χ0n) is 15.4. The van der Waals surface area contributed by atoms with Gasteiger partial charge >= 0.3 is 6.18 Å². The Morgan fingerprint density at radius 1 is 1.17 bits per heavy atom. The highest BCUT2D eigenvalue weighted by molar-refractivity contribution is 5.95. The monoisotopic (exact) mass is 402 g/mol. The average molecular weight is 402 g/mol. The Hall–Kier alpha value is -3.36. The van der Waals surface area contributed by atoms with Crippen LogP contribution < -0.4 is 4.74 Å². The predicted octanol–water partition coefficient (Wildman–Crippen LogP) is 3.50. The molecule has 3 heterocycles. The highest BCUT2D eigenvalue weighted by Crippen LogP contribution is 2.31. The maximum Gasteiger partial charge on any atom is 0.416 e. The Morgan fingerprint density at radius 3 is 2.59 bits per heavy atom. The van der Waals surface area contributed by atoms with E-state index in [1.807, 2.05) is 37.3 Å². The second-order valence-corrected chi connectivity index (χ2v) is 6.72. The van der Waals surface area contributed by atoms with Crippen molar-refractivity contribution in [1.29, 1.82) is 0 Å². The Morgan fingerprint density at radius 2 is 1.90 bits per heavy atom. The molecule has 0 unspecified atom stereocenters. The average Bonchev–Trinajstić information content (AvgIpc) is 3.05. The minimum absolute atomic E-state index is 0.106. The molecule has 0 bridgehead atoms. The first-order valence-corrected chi connectivity index (χ1v) is 8.92. The number of likely N-dealkylation sites (tertiary alicyclic amines) is 1. The molecule has 2 aromatic heterocycles. The van der Waals surface area contributed by atoms with E-state index in [9.17, 15) is 18.0 Å². The van der Waals surface area contributed by atoms with Gasteiger partial charge in [-0.25, -0.2) is 9.67 Å². The van der Waals surface area contributed by atoms with Crippen LogP contribution in [0.2, 0.25) is 0 Å². The molecule has 9 heteroatoms. The lowest BCUT2D eigenvalue weighted by Gasteiger charge is -2.38. The van der Waals surface area contributed by atoms with Crippen molar-refractivity contribution in [3.05, 3.63) is 71.7 Å². The molecule has 150 valence electrons. The van der Waals surface area contributed by atoms with Crippen molar-refractivity contribution in [3.63, 3.8) is 0 Å². The number of carbonyl (C=O) groups excluding carboxylic acids is 1. The molecule has 1 saturated heterocycles. The Labute approximate surface area is 164 Å². The molecule has 1 aliphatic rings. The number of hydrogen-bond acceptors (Lipinski definition) is 4. The molecule has 6 nitrogen and oxygen atoms in total. The lowest BCUT2D eigenvalue weighted by Crippen LogP contribution is -2.56. The zero-order chi connectivity index (χ0) is 20.6. The van der Waals surface area contributed by atoms with E-state index in [-0.39, 0.29) is 24.9 Å². The maximum atomic E-state index is 12.8. The van der Waals surface area contributed by atoms with Gasteiger partial charge in [0.25, 0.3) is 5.91 Å². The Bertz CT molecular complexity index is 1030. The van der Waals surface area contributed by atoms with Gasteiger partial charge in [0.15, 0.2) is 0 Å². The molecule has 1 aliphatic heterocycles. The first kappa shape index (κ1) is 19.0. The number of carbonyl (C=O) groups is 1. The van der Waals surface area contributed by atoms with Crippen LogP contribution in [0.4, 0.5) is 13.2 Å². The van der Waals surface area contributed by atoms with Gasteiger partial charge in [-0.2, -0.15) is 18.3 Å². The molecule has 0 spiro atoms. The van der Waals surface area contributed by atoms with Crippen LogP contribution in [0.25, 0.3) is 5.69 Å². The van der Waals surface area contributed by atoms with Crippen LogP contribution in [0, 0.1) is 6.92 Å². The lowest BCUT2D eigenvalue weighted by atomic mass is 10.1. The SMILES string of the molecule is Cc1c(C(=O)N2CC(Oc3cc(C(F)(F)F)ccn3)C2)cnn1-c1ccccc1. The highest BCUT2D eigenvalue weighted by Gasteiger charge is 2.35. The first-order valence-electron chi connectivity index (χ1n) is 8.92. The van der Waals surface area contributed by atoms with Crippen molar-refractivity contribution in [2.75, 3.05) is 13.1 Å². The number of hydrogen-bond donors (Lipinski definition) is 0. The quantitative estimate of drug-likeness (QED) is 0.670. The number of ether oxygens (including phenoxy) is 1. The van der Waals surface area contributed by atoms with Crippen molar-refractivity contribution < 1.29 is 22.7 Å². The van der Waals surface area contributed by atoms with Crippen LogP contribution in [0.15, 0.2) is 54.9 Å². The minimum Gasteiger partial charge on any atom is -0.471 e. The number of aromatic nitrogens is 3. The summed E-state index contributed by atoms with van der Waals surface area (Å²) < 4.78 is 45.5. The van der Waals surface area contributed by atoms with Crippen molar-refractivity contribution in [1.82, 2.24) is 19.7 Å². The maximum absolute atomic E-state index is 12.8. The minimum atomic E-state index is -4.46. The van der Waals surface area contributed by atoms with Crippen LogP contribution in [-0.4, -0.2) is 44.8 Å². The predicted molar refractivity (Wildman–Crippen MR) is 97.9 cm³/mol. The molecule has 4 rings (SSSR count). The number of para-hydroxylation sites is 1. The van der Waals surface area contributed by atoms with Gasteiger partial charge in [0, 0.05) is 12.3 Å². The second kappa shape index (κ2) is 7.23. The van der Waals surface area contributed by atoms with Gasteiger partial charge in [0.05, 0.1) is 41.8 Å². The van der Waals surface area contributed by atoms with E-state index in [4.69, 9.17) is 4.74 Å². The number of amides is 1. The fourth-order valence-corrected chi connectivity index (χ4v) is 3.12.